The summed E-state index contributed by atoms with van der Waals surface area (Å²) >= 11 is 0. The van der Waals surface area contributed by atoms with Crippen molar-refractivity contribution in [2.75, 3.05) is 5.32 Å². The number of nitrogens with zero attached hydrogens (tertiary/aromatic N) is 1. The Morgan fingerprint density at radius 2 is 1.65 bits per heavy atom. The minimum atomic E-state index is -0.675. The molecular formula is C26H24N2O3. The predicted octanol–water partition coefficient (Wildman–Crippen LogP) is 4.81. The molecule has 0 unspecified atom stereocenters. The number of benzene rings is 2. The lowest BCUT2D eigenvalue weighted by Gasteiger charge is -2.11. The number of carbonyl (C=O) groups excluding carboxylic acids is 2. The van der Waals surface area contributed by atoms with Crippen molar-refractivity contribution < 1.29 is 14.3 Å². The molecule has 5 nitrogen and oxygen atoms in total. The second-order valence-electron chi connectivity index (χ2n) is 7.29. The lowest BCUT2D eigenvalue weighted by molar-refractivity contribution is -0.127. The van der Waals surface area contributed by atoms with Crippen LogP contribution in [0.3, 0.4) is 0 Å². The highest BCUT2D eigenvalue weighted by atomic mass is 16.5. The fourth-order valence-corrected chi connectivity index (χ4v) is 3.89. The van der Waals surface area contributed by atoms with E-state index in [9.17, 15) is 9.59 Å². The van der Waals surface area contributed by atoms with Crippen LogP contribution in [0.25, 0.3) is 5.52 Å². The lowest BCUT2D eigenvalue weighted by atomic mass is 10.0. The summed E-state index contributed by atoms with van der Waals surface area (Å²) in [6.07, 6.45) is 3.67. The van der Waals surface area contributed by atoms with Gasteiger partial charge in [0, 0.05) is 18.3 Å². The van der Waals surface area contributed by atoms with Crippen LogP contribution < -0.4 is 10.1 Å². The van der Waals surface area contributed by atoms with Gasteiger partial charge in [-0.3, -0.25) is 9.59 Å². The summed E-state index contributed by atoms with van der Waals surface area (Å²) in [6.45, 7) is 2.45. The maximum atomic E-state index is 12.0. The SMILES string of the molecule is CCc1c(NC(=O)C=O)c2c(OCc3ccccc3)cccn2c1Cc1ccccc1. The molecule has 0 saturated heterocycles. The van der Waals surface area contributed by atoms with E-state index in [-0.39, 0.29) is 0 Å². The van der Waals surface area contributed by atoms with E-state index in [0.29, 0.717) is 37.2 Å². The molecule has 2 heterocycles. The van der Waals surface area contributed by atoms with E-state index in [4.69, 9.17) is 4.74 Å². The highest BCUT2D eigenvalue weighted by Gasteiger charge is 2.22. The summed E-state index contributed by atoms with van der Waals surface area (Å²) in [7, 11) is 0. The largest absolute Gasteiger partial charge is 0.487 e. The molecule has 5 heteroatoms. The molecule has 0 bridgehead atoms. The fourth-order valence-electron chi connectivity index (χ4n) is 3.89. The Balaban J connectivity index is 1.83. The van der Waals surface area contributed by atoms with Gasteiger partial charge in [-0.1, -0.05) is 67.6 Å². The van der Waals surface area contributed by atoms with Crippen molar-refractivity contribution >= 4 is 23.4 Å². The number of anilines is 1. The molecule has 0 fully saturated rings. The average molecular weight is 412 g/mol. The standard InChI is InChI=1S/C26H24N2O3/c1-2-21-22(16-19-10-5-3-6-11-19)28-15-9-14-23(26(28)25(21)27-24(30)17-29)31-18-20-12-7-4-8-13-20/h3-15,17H,2,16,18H2,1H3,(H,27,30). The van der Waals surface area contributed by atoms with E-state index in [1.165, 1.54) is 5.56 Å². The number of fused-ring (bicyclic) bond motifs is 1. The van der Waals surface area contributed by atoms with Gasteiger partial charge in [-0.05, 0) is 35.2 Å². The van der Waals surface area contributed by atoms with Gasteiger partial charge in [0.1, 0.15) is 17.9 Å². The van der Waals surface area contributed by atoms with Crippen molar-refractivity contribution in [2.24, 2.45) is 0 Å². The minimum absolute atomic E-state index is 0.299. The van der Waals surface area contributed by atoms with Crippen molar-refractivity contribution in [1.82, 2.24) is 4.40 Å². The van der Waals surface area contributed by atoms with Crippen molar-refractivity contribution in [3.8, 4) is 5.75 Å². The topological polar surface area (TPSA) is 59.8 Å². The van der Waals surface area contributed by atoms with Crippen LogP contribution in [0.4, 0.5) is 5.69 Å². The Bertz CT molecular complexity index is 1200. The molecule has 0 aliphatic heterocycles. The Labute approximate surface area is 181 Å². The highest BCUT2D eigenvalue weighted by Crippen LogP contribution is 2.37. The Kier molecular flexibility index (Phi) is 6.13. The summed E-state index contributed by atoms with van der Waals surface area (Å²) in [6, 6.07) is 23.9. The maximum absolute atomic E-state index is 12.0. The maximum Gasteiger partial charge on any atom is 0.288 e. The van der Waals surface area contributed by atoms with Gasteiger partial charge < -0.3 is 14.5 Å². The fraction of sp³-hybridized carbons (Fsp3) is 0.154. The van der Waals surface area contributed by atoms with Gasteiger partial charge in [0.2, 0.25) is 6.29 Å². The van der Waals surface area contributed by atoms with E-state index in [2.05, 4.69) is 21.9 Å². The third-order valence-corrected chi connectivity index (χ3v) is 5.30. The third kappa shape index (κ3) is 4.36. The summed E-state index contributed by atoms with van der Waals surface area (Å²) in [5.41, 5.74) is 5.67. The van der Waals surface area contributed by atoms with Crippen molar-refractivity contribution in [3.05, 3.63) is 101 Å². The molecule has 2 aromatic heterocycles. The Hall–Kier alpha value is -3.86. The zero-order valence-corrected chi connectivity index (χ0v) is 17.4. The van der Waals surface area contributed by atoms with E-state index in [1.807, 2.05) is 73.8 Å². The van der Waals surface area contributed by atoms with Gasteiger partial charge in [0.25, 0.3) is 5.91 Å². The third-order valence-electron chi connectivity index (χ3n) is 5.30. The first-order valence-corrected chi connectivity index (χ1v) is 10.3. The number of nitrogens with one attached hydrogen (secondary N) is 1. The van der Waals surface area contributed by atoms with Gasteiger partial charge in [-0.25, -0.2) is 0 Å². The average Bonchev–Trinajstić information content (AvgIpc) is 3.11. The van der Waals surface area contributed by atoms with Gasteiger partial charge in [0.15, 0.2) is 0 Å². The molecule has 4 rings (SSSR count). The molecule has 2 aromatic carbocycles. The zero-order chi connectivity index (χ0) is 21.6. The lowest BCUT2D eigenvalue weighted by Crippen LogP contribution is -2.13. The molecule has 0 radical (unpaired) electrons. The predicted molar refractivity (Wildman–Crippen MR) is 121 cm³/mol. The van der Waals surface area contributed by atoms with Crippen LogP contribution in [0.5, 0.6) is 5.75 Å². The summed E-state index contributed by atoms with van der Waals surface area (Å²) < 4.78 is 8.23. The molecule has 4 aromatic rings. The number of aromatic nitrogens is 1. The molecule has 1 amide bonds. The first-order valence-electron chi connectivity index (χ1n) is 10.3. The number of aldehydes is 1. The first-order chi connectivity index (χ1) is 15.2. The summed E-state index contributed by atoms with van der Waals surface area (Å²) in [5.74, 6) is -0.0205. The highest BCUT2D eigenvalue weighted by molar-refractivity contribution is 6.30. The molecule has 0 aliphatic carbocycles. The smallest absolute Gasteiger partial charge is 0.288 e. The van der Waals surface area contributed by atoms with E-state index < -0.39 is 5.91 Å². The van der Waals surface area contributed by atoms with Gasteiger partial charge in [-0.2, -0.15) is 0 Å². The number of ether oxygens (including phenoxy) is 1. The quantitative estimate of drug-likeness (QED) is 0.334. The number of hydrogen-bond donors (Lipinski definition) is 1. The van der Waals surface area contributed by atoms with E-state index in [1.54, 1.807) is 0 Å². The van der Waals surface area contributed by atoms with Gasteiger partial charge >= 0.3 is 0 Å². The van der Waals surface area contributed by atoms with Crippen LogP contribution in [0, 0.1) is 0 Å². The summed E-state index contributed by atoms with van der Waals surface area (Å²) in [5, 5.41) is 2.79. The molecule has 1 N–H and O–H groups in total. The molecule has 0 atom stereocenters. The van der Waals surface area contributed by atoms with Crippen LogP contribution in [-0.2, 0) is 29.0 Å². The number of amides is 1. The van der Waals surface area contributed by atoms with Crippen LogP contribution in [0.2, 0.25) is 0 Å². The number of carbonyl (C=O) groups is 2. The second-order valence-corrected chi connectivity index (χ2v) is 7.29. The second kappa shape index (κ2) is 9.30. The number of hydrogen-bond acceptors (Lipinski definition) is 3. The van der Waals surface area contributed by atoms with E-state index in [0.717, 1.165) is 22.3 Å². The Morgan fingerprint density at radius 3 is 2.29 bits per heavy atom. The molecule has 0 spiro atoms. The first kappa shape index (κ1) is 20.4. The minimum Gasteiger partial charge on any atom is -0.487 e. The molecular weight excluding hydrogens is 388 g/mol. The molecule has 156 valence electrons. The zero-order valence-electron chi connectivity index (χ0n) is 17.4. The van der Waals surface area contributed by atoms with Crippen LogP contribution in [0.1, 0.15) is 29.3 Å². The Morgan fingerprint density at radius 1 is 0.968 bits per heavy atom. The van der Waals surface area contributed by atoms with Crippen molar-refractivity contribution in [3.63, 3.8) is 0 Å². The van der Waals surface area contributed by atoms with Gasteiger partial charge in [0.05, 0.1) is 5.69 Å². The molecule has 0 aliphatic rings. The van der Waals surface area contributed by atoms with Gasteiger partial charge in [-0.15, -0.1) is 0 Å². The van der Waals surface area contributed by atoms with Crippen LogP contribution in [0.15, 0.2) is 79.0 Å². The molecule has 0 saturated carbocycles. The number of pyridine rings is 1. The van der Waals surface area contributed by atoms with Crippen LogP contribution >= 0.6 is 0 Å². The normalized spacial score (nSPS) is 10.7. The van der Waals surface area contributed by atoms with E-state index >= 15 is 0 Å². The monoisotopic (exact) mass is 412 g/mol. The van der Waals surface area contributed by atoms with Crippen molar-refractivity contribution in [1.29, 1.82) is 0 Å². The van der Waals surface area contributed by atoms with Crippen LogP contribution in [-0.4, -0.2) is 16.6 Å². The molecule has 31 heavy (non-hydrogen) atoms. The number of rotatable bonds is 8. The summed E-state index contributed by atoms with van der Waals surface area (Å²) in [4.78, 5) is 23.1. The van der Waals surface area contributed by atoms with Crippen molar-refractivity contribution in [2.45, 2.75) is 26.4 Å².